The fourth-order valence-corrected chi connectivity index (χ4v) is 0.955. The van der Waals surface area contributed by atoms with Gasteiger partial charge in [-0.05, 0) is 25.0 Å². The van der Waals surface area contributed by atoms with Gasteiger partial charge in [-0.1, -0.05) is 6.08 Å². The Labute approximate surface area is 78.0 Å². The van der Waals surface area contributed by atoms with Crippen LogP contribution in [0.15, 0.2) is 24.0 Å². The van der Waals surface area contributed by atoms with E-state index in [1.54, 1.807) is 0 Å². The topological polar surface area (TPSA) is 35.5 Å². The second-order valence-corrected chi connectivity index (χ2v) is 2.61. The second-order valence-electron chi connectivity index (χ2n) is 2.61. The molecule has 0 aliphatic heterocycles. The van der Waals surface area contributed by atoms with E-state index in [4.69, 9.17) is 4.74 Å². The minimum Gasteiger partial charge on any atom is -0.493 e. The van der Waals surface area contributed by atoms with Crippen molar-refractivity contribution in [1.82, 2.24) is 0 Å². The van der Waals surface area contributed by atoms with Crippen LogP contribution in [0.5, 0.6) is 0 Å². The molecule has 13 heavy (non-hydrogen) atoms. The first-order valence-electron chi connectivity index (χ1n) is 4.22. The smallest absolute Gasteiger partial charge is 0.308 e. The first-order valence-corrected chi connectivity index (χ1v) is 4.22. The van der Waals surface area contributed by atoms with E-state index in [9.17, 15) is 4.79 Å². The summed E-state index contributed by atoms with van der Waals surface area (Å²) < 4.78 is 9.79. The normalized spacial score (nSPS) is 15.0. The molecule has 0 unspecified atom stereocenters. The molecule has 0 saturated heterocycles. The summed E-state index contributed by atoms with van der Waals surface area (Å²) in [7, 11) is 1.37. The zero-order valence-corrected chi connectivity index (χ0v) is 7.66. The number of rotatable bonds is 4. The third-order valence-electron chi connectivity index (χ3n) is 1.65. The Balaban J connectivity index is 2.15. The van der Waals surface area contributed by atoms with E-state index in [0.717, 1.165) is 12.2 Å². The molecule has 0 amide bonds. The Hall–Kier alpha value is -1.25. The molecule has 0 spiro atoms. The lowest BCUT2D eigenvalue weighted by Crippen LogP contribution is -2.05. The van der Waals surface area contributed by atoms with Gasteiger partial charge in [-0.15, -0.1) is 0 Å². The highest BCUT2D eigenvalue weighted by Gasteiger charge is 2.02. The van der Waals surface area contributed by atoms with Crippen molar-refractivity contribution >= 4 is 5.97 Å². The summed E-state index contributed by atoms with van der Waals surface area (Å²) >= 11 is 0. The molecule has 0 N–H and O–H groups in total. The maximum Gasteiger partial charge on any atom is 0.308 e. The van der Waals surface area contributed by atoms with Crippen LogP contribution in [-0.4, -0.2) is 19.7 Å². The number of allylic oxidation sites excluding steroid dienone is 3. The minimum absolute atomic E-state index is 0.244. The molecule has 71 valence electrons. The Kier molecular flexibility index (Phi) is 4.09. The van der Waals surface area contributed by atoms with E-state index in [-0.39, 0.29) is 5.97 Å². The van der Waals surface area contributed by atoms with Gasteiger partial charge in [-0.25, -0.2) is 0 Å². The van der Waals surface area contributed by atoms with Crippen molar-refractivity contribution in [3.63, 3.8) is 0 Å². The summed E-state index contributed by atoms with van der Waals surface area (Å²) in [4.78, 5) is 10.7. The zero-order valence-electron chi connectivity index (χ0n) is 7.66. The molecular formula is C10H13O3. The van der Waals surface area contributed by atoms with Crippen LogP contribution in [-0.2, 0) is 14.3 Å². The second kappa shape index (κ2) is 5.41. The standard InChI is InChI=1S/C10H13O3/c1-12-10(11)7-8-13-9-5-3-2-4-6-9/h2-3,5-6H,4,7-8H2,1H3. The Morgan fingerprint density at radius 2 is 2.46 bits per heavy atom. The van der Waals surface area contributed by atoms with Crippen molar-refractivity contribution in [3.8, 4) is 0 Å². The molecule has 0 atom stereocenters. The lowest BCUT2D eigenvalue weighted by Gasteiger charge is -2.08. The molecular weight excluding hydrogens is 168 g/mol. The van der Waals surface area contributed by atoms with Crippen molar-refractivity contribution in [2.24, 2.45) is 0 Å². The van der Waals surface area contributed by atoms with Crippen LogP contribution in [0.1, 0.15) is 12.8 Å². The SMILES string of the molecule is COC(=O)CCOC1=CC[CH]C=C1. The van der Waals surface area contributed by atoms with Gasteiger partial charge in [0.05, 0.1) is 20.1 Å². The van der Waals surface area contributed by atoms with Crippen molar-refractivity contribution in [2.45, 2.75) is 12.8 Å². The van der Waals surface area contributed by atoms with Crippen LogP contribution in [0.2, 0.25) is 0 Å². The van der Waals surface area contributed by atoms with Crippen LogP contribution in [0, 0.1) is 6.42 Å². The molecule has 1 aliphatic carbocycles. The van der Waals surface area contributed by atoms with Crippen LogP contribution >= 0.6 is 0 Å². The quantitative estimate of drug-likeness (QED) is 0.618. The fraction of sp³-hybridized carbons (Fsp3) is 0.400. The average molecular weight is 181 g/mol. The van der Waals surface area contributed by atoms with E-state index in [2.05, 4.69) is 4.74 Å². The summed E-state index contributed by atoms with van der Waals surface area (Å²) in [5.74, 6) is 0.582. The van der Waals surface area contributed by atoms with Gasteiger partial charge >= 0.3 is 5.97 Å². The molecule has 0 saturated carbocycles. The number of carbonyl (C=O) groups is 1. The van der Waals surface area contributed by atoms with Crippen LogP contribution in [0.4, 0.5) is 0 Å². The van der Waals surface area contributed by atoms with Gasteiger partial charge in [0.2, 0.25) is 0 Å². The number of carbonyl (C=O) groups excluding carboxylic acids is 1. The first-order chi connectivity index (χ1) is 6.33. The summed E-state index contributed by atoms with van der Waals surface area (Å²) in [6.45, 7) is 0.378. The van der Waals surface area contributed by atoms with E-state index >= 15 is 0 Å². The van der Waals surface area contributed by atoms with Gasteiger partial charge in [-0.2, -0.15) is 0 Å². The number of ether oxygens (including phenoxy) is 2. The fourth-order valence-electron chi connectivity index (χ4n) is 0.955. The lowest BCUT2D eigenvalue weighted by molar-refractivity contribution is -0.141. The Morgan fingerprint density at radius 1 is 1.62 bits per heavy atom. The molecule has 1 rings (SSSR count). The average Bonchev–Trinajstić information content (AvgIpc) is 2.19. The Bertz CT molecular complexity index is 228. The highest BCUT2D eigenvalue weighted by molar-refractivity contribution is 5.69. The van der Waals surface area contributed by atoms with Crippen LogP contribution < -0.4 is 0 Å². The van der Waals surface area contributed by atoms with Gasteiger partial charge in [0.1, 0.15) is 5.76 Å². The van der Waals surface area contributed by atoms with Crippen LogP contribution in [0.3, 0.4) is 0 Å². The first kappa shape index (κ1) is 9.84. The van der Waals surface area contributed by atoms with Crippen LogP contribution in [0.25, 0.3) is 0 Å². The molecule has 0 heterocycles. The molecule has 0 aromatic carbocycles. The van der Waals surface area contributed by atoms with Gasteiger partial charge < -0.3 is 9.47 Å². The summed E-state index contributed by atoms with van der Waals surface area (Å²) in [5.41, 5.74) is 0. The monoisotopic (exact) mass is 181 g/mol. The van der Waals surface area contributed by atoms with Gasteiger partial charge in [0, 0.05) is 0 Å². The van der Waals surface area contributed by atoms with E-state index in [1.165, 1.54) is 7.11 Å². The molecule has 1 aliphatic rings. The van der Waals surface area contributed by atoms with E-state index in [1.807, 2.05) is 24.6 Å². The predicted octanol–water partition coefficient (Wildman–Crippen LogP) is 1.61. The molecule has 1 radical (unpaired) electrons. The molecule has 0 aromatic rings. The summed E-state index contributed by atoms with van der Waals surface area (Å²) in [5, 5.41) is 0. The van der Waals surface area contributed by atoms with E-state index < -0.39 is 0 Å². The third-order valence-corrected chi connectivity index (χ3v) is 1.65. The maximum atomic E-state index is 10.7. The predicted molar refractivity (Wildman–Crippen MR) is 48.7 cm³/mol. The summed E-state index contributed by atoms with van der Waals surface area (Å²) in [6.07, 6.45) is 9.01. The molecule has 0 fully saturated rings. The van der Waals surface area contributed by atoms with Crippen molar-refractivity contribution in [1.29, 1.82) is 0 Å². The number of hydrogen-bond acceptors (Lipinski definition) is 3. The highest BCUT2D eigenvalue weighted by atomic mass is 16.5. The Morgan fingerprint density at radius 3 is 3.08 bits per heavy atom. The largest absolute Gasteiger partial charge is 0.493 e. The number of hydrogen-bond donors (Lipinski definition) is 0. The molecule has 3 heteroatoms. The zero-order chi connectivity index (χ0) is 9.52. The third kappa shape index (κ3) is 3.78. The molecule has 0 bridgehead atoms. The van der Waals surface area contributed by atoms with E-state index in [0.29, 0.717) is 13.0 Å². The van der Waals surface area contributed by atoms with Gasteiger partial charge in [0.15, 0.2) is 0 Å². The number of esters is 1. The van der Waals surface area contributed by atoms with Crippen molar-refractivity contribution in [2.75, 3.05) is 13.7 Å². The molecule has 3 nitrogen and oxygen atoms in total. The summed E-state index contributed by atoms with van der Waals surface area (Å²) in [6, 6.07) is 0. The van der Waals surface area contributed by atoms with Gasteiger partial charge in [0.25, 0.3) is 0 Å². The number of methoxy groups -OCH3 is 1. The highest BCUT2D eigenvalue weighted by Crippen LogP contribution is 2.09. The minimum atomic E-state index is -0.244. The van der Waals surface area contributed by atoms with Gasteiger partial charge in [-0.3, -0.25) is 4.79 Å². The lowest BCUT2D eigenvalue weighted by atomic mass is 10.2. The molecule has 0 aromatic heterocycles. The van der Waals surface area contributed by atoms with Crippen molar-refractivity contribution in [3.05, 3.63) is 30.4 Å². The van der Waals surface area contributed by atoms with Crippen molar-refractivity contribution < 1.29 is 14.3 Å². The maximum absolute atomic E-state index is 10.7.